The third-order valence-corrected chi connectivity index (χ3v) is 6.73. The summed E-state index contributed by atoms with van der Waals surface area (Å²) in [5, 5.41) is 0. The van der Waals surface area contributed by atoms with Crippen LogP contribution in [-0.2, 0) is 22.4 Å². The Hall–Kier alpha value is -3.60. The Balaban J connectivity index is 1.41. The van der Waals surface area contributed by atoms with Crippen molar-refractivity contribution >= 4 is 11.8 Å². The second-order valence-electron chi connectivity index (χ2n) is 8.75. The summed E-state index contributed by atoms with van der Waals surface area (Å²) in [7, 11) is 1.61. The van der Waals surface area contributed by atoms with Crippen LogP contribution in [0, 0.1) is 5.41 Å². The first-order valence-electron chi connectivity index (χ1n) is 11.3. The van der Waals surface area contributed by atoms with E-state index < -0.39 is 5.41 Å². The van der Waals surface area contributed by atoms with E-state index in [4.69, 9.17) is 10.5 Å². The van der Waals surface area contributed by atoms with Crippen molar-refractivity contribution in [2.24, 2.45) is 11.1 Å². The minimum absolute atomic E-state index is 0.0461. The smallest absolute Gasteiger partial charge is 0.227 e. The standard InChI is InChI=1S/C28H30N2O3/c1-33-25-10-6-5-9-24(25)19-26(31)30-17-15-28(16-18-30,27(29)32)20-21-11-13-23(14-12-21)22-7-3-2-4-8-22/h2-14H,15-20H2,1H3,(H2,29,32). The normalized spacial score (nSPS) is 15.1. The van der Waals surface area contributed by atoms with Crippen molar-refractivity contribution in [3.8, 4) is 16.9 Å². The van der Waals surface area contributed by atoms with E-state index >= 15 is 0 Å². The van der Waals surface area contributed by atoms with Gasteiger partial charge in [-0.15, -0.1) is 0 Å². The molecular formula is C28H30N2O3. The summed E-state index contributed by atoms with van der Waals surface area (Å²) in [5.74, 6) is 0.476. The largest absolute Gasteiger partial charge is 0.496 e. The second-order valence-corrected chi connectivity index (χ2v) is 8.75. The van der Waals surface area contributed by atoms with Crippen LogP contribution < -0.4 is 10.5 Å². The fourth-order valence-electron chi connectivity index (χ4n) is 4.65. The number of rotatable bonds is 7. The van der Waals surface area contributed by atoms with Crippen LogP contribution in [0.3, 0.4) is 0 Å². The highest BCUT2D eigenvalue weighted by Crippen LogP contribution is 2.36. The zero-order valence-corrected chi connectivity index (χ0v) is 19.0. The molecule has 2 amide bonds. The van der Waals surface area contributed by atoms with Gasteiger partial charge in [-0.3, -0.25) is 9.59 Å². The van der Waals surface area contributed by atoms with Gasteiger partial charge in [0.05, 0.1) is 18.9 Å². The van der Waals surface area contributed by atoms with Crippen molar-refractivity contribution in [3.05, 3.63) is 90.0 Å². The van der Waals surface area contributed by atoms with Crippen LogP contribution in [0.5, 0.6) is 5.75 Å². The fraction of sp³-hybridized carbons (Fsp3) is 0.286. The maximum Gasteiger partial charge on any atom is 0.227 e. The van der Waals surface area contributed by atoms with E-state index in [-0.39, 0.29) is 18.2 Å². The highest BCUT2D eigenvalue weighted by molar-refractivity contribution is 5.83. The summed E-state index contributed by atoms with van der Waals surface area (Å²) in [4.78, 5) is 27.3. The molecule has 2 N–H and O–H groups in total. The maximum atomic E-state index is 12.9. The monoisotopic (exact) mass is 442 g/mol. The van der Waals surface area contributed by atoms with Gasteiger partial charge in [0.25, 0.3) is 0 Å². The van der Waals surface area contributed by atoms with E-state index in [1.165, 1.54) is 0 Å². The molecule has 1 fully saturated rings. The SMILES string of the molecule is COc1ccccc1CC(=O)N1CCC(Cc2ccc(-c3ccccc3)cc2)(C(N)=O)CC1. The number of para-hydroxylation sites is 1. The van der Waals surface area contributed by atoms with Crippen molar-refractivity contribution < 1.29 is 14.3 Å². The Bertz CT molecular complexity index is 1100. The number of methoxy groups -OCH3 is 1. The molecular weight excluding hydrogens is 412 g/mol. The van der Waals surface area contributed by atoms with Crippen LogP contribution in [0.2, 0.25) is 0 Å². The lowest BCUT2D eigenvalue weighted by atomic mass is 9.73. The number of benzene rings is 3. The van der Waals surface area contributed by atoms with Crippen LogP contribution in [0.4, 0.5) is 0 Å². The molecule has 170 valence electrons. The predicted molar refractivity (Wildman–Crippen MR) is 130 cm³/mol. The number of amides is 2. The number of hydrogen-bond donors (Lipinski definition) is 1. The van der Waals surface area contributed by atoms with Gasteiger partial charge in [0.15, 0.2) is 0 Å². The number of nitrogens with two attached hydrogens (primary N) is 1. The maximum absolute atomic E-state index is 12.9. The molecule has 3 aromatic carbocycles. The quantitative estimate of drug-likeness (QED) is 0.595. The van der Waals surface area contributed by atoms with Crippen molar-refractivity contribution in [1.29, 1.82) is 0 Å². The van der Waals surface area contributed by atoms with Crippen LogP contribution in [0.15, 0.2) is 78.9 Å². The summed E-state index contributed by atoms with van der Waals surface area (Å²) in [6.45, 7) is 1.05. The van der Waals surface area contributed by atoms with Crippen molar-refractivity contribution in [2.75, 3.05) is 20.2 Å². The lowest BCUT2D eigenvalue weighted by Gasteiger charge is -2.40. The number of carbonyl (C=O) groups excluding carboxylic acids is 2. The predicted octanol–water partition coefficient (Wildman–Crippen LogP) is 4.24. The molecule has 0 bridgehead atoms. The molecule has 0 aromatic heterocycles. The Morgan fingerprint density at radius 3 is 2.12 bits per heavy atom. The first-order valence-corrected chi connectivity index (χ1v) is 11.3. The first kappa shape index (κ1) is 22.6. The van der Waals surface area contributed by atoms with Gasteiger partial charge in [-0.1, -0.05) is 72.8 Å². The van der Waals surface area contributed by atoms with Gasteiger partial charge in [0.1, 0.15) is 5.75 Å². The van der Waals surface area contributed by atoms with E-state index in [1.54, 1.807) is 7.11 Å². The lowest BCUT2D eigenvalue weighted by molar-refractivity contribution is -0.138. The van der Waals surface area contributed by atoms with Crippen LogP contribution in [0.25, 0.3) is 11.1 Å². The Morgan fingerprint density at radius 2 is 1.48 bits per heavy atom. The molecule has 5 heteroatoms. The van der Waals surface area contributed by atoms with E-state index in [1.807, 2.05) is 47.4 Å². The third-order valence-electron chi connectivity index (χ3n) is 6.73. The molecule has 1 aliphatic heterocycles. The number of ether oxygens (including phenoxy) is 1. The minimum atomic E-state index is -0.629. The number of hydrogen-bond acceptors (Lipinski definition) is 3. The molecule has 3 aromatic rings. The highest BCUT2D eigenvalue weighted by atomic mass is 16.5. The van der Waals surface area contributed by atoms with Gasteiger partial charge in [0.2, 0.25) is 11.8 Å². The van der Waals surface area contributed by atoms with Crippen LogP contribution in [-0.4, -0.2) is 36.9 Å². The average Bonchev–Trinajstić information content (AvgIpc) is 2.85. The Morgan fingerprint density at radius 1 is 0.879 bits per heavy atom. The fourth-order valence-corrected chi connectivity index (χ4v) is 4.65. The topological polar surface area (TPSA) is 72.6 Å². The second kappa shape index (κ2) is 9.90. The molecule has 33 heavy (non-hydrogen) atoms. The van der Waals surface area contributed by atoms with E-state index in [2.05, 4.69) is 36.4 Å². The Kier molecular flexibility index (Phi) is 6.78. The van der Waals surface area contributed by atoms with E-state index in [0.717, 1.165) is 22.3 Å². The zero-order valence-electron chi connectivity index (χ0n) is 19.0. The molecule has 0 spiro atoms. The molecule has 1 saturated heterocycles. The van der Waals surface area contributed by atoms with Gasteiger partial charge < -0.3 is 15.4 Å². The number of likely N-dealkylation sites (tertiary alicyclic amines) is 1. The van der Waals surface area contributed by atoms with Gasteiger partial charge in [-0.2, -0.15) is 0 Å². The molecule has 0 saturated carbocycles. The molecule has 0 aliphatic carbocycles. The molecule has 5 nitrogen and oxygen atoms in total. The molecule has 1 heterocycles. The lowest BCUT2D eigenvalue weighted by Crippen LogP contribution is -2.50. The van der Waals surface area contributed by atoms with Crippen LogP contribution >= 0.6 is 0 Å². The molecule has 4 rings (SSSR count). The number of nitrogens with zero attached hydrogens (tertiary/aromatic N) is 1. The number of piperidine rings is 1. The first-order chi connectivity index (χ1) is 16.0. The van der Waals surface area contributed by atoms with E-state index in [0.29, 0.717) is 38.1 Å². The summed E-state index contributed by atoms with van der Waals surface area (Å²) in [5.41, 5.74) is 9.53. The molecule has 0 radical (unpaired) electrons. The highest BCUT2D eigenvalue weighted by Gasteiger charge is 2.41. The molecule has 0 unspecified atom stereocenters. The average molecular weight is 443 g/mol. The van der Waals surface area contributed by atoms with Crippen LogP contribution in [0.1, 0.15) is 24.0 Å². The number of carbonyl (C=O) groups is 2. The summed E-state index contributed by atoms with van der Waals surface area (Å²) in [6.07, 6.45) is 2.02. The minimum Gasteiger partial charge on any atom is -0.496 e. The molecule has 1 aliphatic rings. The number of primary amides is 1. The van der Waals surface area contributed by atoms with Crippen molar-refractivity contribution in [3.63, 3.8) is 0 Å². The third kappa shape index (κ3) is 5.08. The van der Waals surface area contributed by atoms with E-state index in [9.17, 15) is 9.59 Å². The van der Waals surface area contributed by atoms with Gasteiger partial charge in [-0.25, -0.2) is 0 Å². The van der Waals surface area contributed by atoms with Crippen molar-refractivity contribution in [2.45, 2.75) is 25.7 Å². The Labute approximate surface area is 195 Å². The summed E-state index contributed by atoms with van der Waals surface area (Å²) >= 11 is 0. The summed E-state index contributed by atoms with van der Waals surface area (Å²) in [6, 6.07) is 26.1. The molecule has 0 atom stereocenters. The van der Waals surface area contributed by atoms with Crippen molar-refractivity contribution in [1.82, 2.24) is 4.90 Å². The van der Waals surface area contributed by atoms with Gasteiger partial charge in [-0.05, 0) is 42.0 Å². The zero-order chi connectivity index (χ0) is 23.3. The summed E-state index contributed by atoms with van der Waals surface area (Å²) < 4.78 is 5.37. The van der Waals surface area contributed by atoms with Gasteiger partial charge in [0, 0.05) is 18.7 Å². The van der Waals surface area contributed by atoms with Gasteiger partial charge >= 0.3 is 0 Å².